The van der Waals surface area contributed by atoms with Crippen molar-refractivity contribution in [3.05, 3.63) is 60.0 Å². The highest BCUT2D eigenvalue weighted by Gasteiger charge is 2.57. The van der Waals surface area contributed by atoms with E-state index in [1.54, 1.807) is 12.3 Å². The molecule has 0 spiro atoms. The van der Waals surface area contributed by atoms with Crippen molar-refractivity contribution in [2.45, 2.75) is 37.8 Å². The molecule has 2 saturated heterocycles. The van der Waals surface area contributed by atoms with Crippen LogP contribution in [0.2, 0.25) is 0 Å². The summed E-state index contributed by atoms with van der Waals surface area (Å²) in [6, 6.07) is 13.9. The Kier molecular flexibility index (Phi) is 3.75. The lowest BCUT2D eigenvalue weighted by Gasteiger charge is -2.36. The fourth-order valence-corrected chi connectivity index (χ4v) is 5.07. The van der Waals surface area contributed by atoms with E-state index in [9.17, 15) is 9.90 Å². The van der Waals surface area contributed by atoms with E-state index in [0.29, 0.717) is 11.0 Å². The largest absolute Gasteiger partial charge is 0.396 e. The zero-order valence-corrected chi connectivity index (χ0v) is 14.9. The number of benzene rings is 1. The van der Waals surface area contributed by atoms with E-state index in [2.05, 4.69) is 22.3 Å². The molecular formula is C21H21N3O3. The number of rotatable bonds is 4. The maximum absolute atomic E-state index is 13.3. The minimum absolute atomic E-state index is 0.0111. The quantitative estimate of drug-likeness (QED) is 0.771. The molecule has 2 bridgehead atoms. The van der Waals surface area contributed by atoms with Gasteiger partial charge in [0.25, 0.3) is 5.91 Å². The molecule has 1 aromatic carbocycles. The normalized spacial score (nSPS) is 26.8. The van der Waals surface area contributed by atoms with E-state index in [1.807, 2.05) is 29.2 Å². The minimum Gasteiger partial charge on any atom is -0.396 e. The van der Waals surface area contributed by atoms with Gasteiger partial charge in [-0.1, -0.05) is 35.5 Å². The van der Waals surface area contributed by atoms with Gasteiger partial charge in [0.1, 0.15) is 0 Å². The van der Waals surface area contributed by atoms with Gasteiger partial charge in [0.2, 0.25) is 11.4 Å². The standard InChI is InChI=1S/C21H21N3O3/c25-13-21(11-14-5-2-1-3-6-14)12-15-8-9-17(21)24(15)20(26)18-16-7-4-10-22-19(16)23-27-18/h1-7,10,15,17,25H,8-9,11-13H2/t15-,17+,21-/m1/s1. The van der Waals surface area contributed by atoms with Crippen LogP contribution >= 0.6 is 0 Å². The predicted molar refractivity (Wildman–Crippen MR) is 99.1 cm³/mol. The van der Waals surface area contributed by atoms with E-state index in [-0.39, 0.29) is 35.8 Å². The van der Waals surface area contributed by atoms with Gasteiger partial charge in [-0.05, 0) is 43.4 Å². The molecule has 0 aliphatic carbocycles. The number of carbonyl (C=O) groups excluding carboxylic acids is 1. The van der Waals surface area contributed by atoms with Crippen molar-refractivity contribution in [3.8, 4) is 0 Å². The van der Waals surface area contributed by atoms with Crippen molar-refractivity contribution in [3.63, 3.8) is 0 Å². The van der Waals surface area contributed by atoms with Gasteiger partial charge in [-0.15, -0.1) is 0 Å². The Balaban J connectivity index is 1.48. The Morgan fingerprint density at radius 1 is 1.22 bits per heavy atom. The molecule has 3 aromatic rings. The number of nitrogens with zero attached hydrogens (tertiary/aromatic N) is 3. The number of amides is 1. The van der Waals surface area contributed by atoms with Crippen LogP contribution in [0.1, 0.15) is 35.4 Å². The van der Waals surface area contributed by atoms with E-state index < -0.39 is 0 Å². The molecule has 2 aromatic heterocycles. The van der Waals surface area contributed by atoms with Crippen LogP contribution < -0.4 is 0 Å². The summed E-state index contributed by atoms with van der Waals surface area (Å²) in [5, 5.41) is 14.9. The Morgan fingerprint density at radius 2 is 2.07 bits per heavy atom. The lowest BCUT2D eigenvalue weighted by molar-refractivity contribution is 0.0542. The average molecular weight is 363 g/mol. The molecular weight excluding hydrogens is 342 g/mol. The van der Waals surface area contributed by atoms with Crippen molar-refractivity contribution in [1.29, 1.82) is 0 Å². The molecule has 4 heterocycles. The highest BCUT2D eigenvalue weighted by Crippen LogP contribution is 2.52. The van der Waals surface area contributed by atoms with Gasteiger partial charge in [0, 0.05) is 23.7 Å². The summed E-state index contributed by atoms with van der Waals surface area (Å²) in [6.07, 6.45) is 5.10. The third-order valence-electron chi connectivity index (χ3n) is 6.25. The SMILES string of the molecule is O=C(c1onc2ncccc12)N1[C@@H]2CC[C@H]1[C@](CO)(Cc1ccccc1)C2. The molecule has 5 rings (SSSR count). The van der Waals surface area contributed by atoms with E-state index in [4.69, 9.17) is 4.52 Å². The van der Waals surface area contributed by atoms with Gasteiger partial charge in [0.15, 0.2) is 0 Å². The van der Waals surface area contributed by atoms with Gasteiger partial charge in [0.05, 0.1) is 12.0 Å². The molecule has 138 valence electrons. The van der Waals surface area contributed by atoms with Crippen molar-refractivity contribution in [1.82, 2.24) is 15.0 Å². The van der Waals surface area contributed by atoms with Gasteiger partial charge in [-0.25, -0.2) is 4.98 Å². The van der Waals surface area contributed by atoms with Crippen LogP contribution in [0, 0.1) is 5.41 Å². The third kappa shape index (κ3) is 2.47. The van der Waals surface area contributed by atoms with Gasteiger partial charge in [-0.3, -0.25) is 4.79 Å². The molecule has 1 N–H and O–H groups in total. The molecule has 2 aliphatic rings. The molecule has 0 unspecified atom stereocenters. The van der Waals surface area contributed by atoms with E-state index in [0.717, 1.165) is 25.7 Å². The number of aromatic nitrogens is 2. The van der Waals surface area contributed by atoms with Gasteiger partial charge >= 0.3 is 0 Å². The Labute approximate surface area is 156 Å². The Morgan fingerprint density at radius 3 is 2.89 bits per heavy atom. The molecule has 1 amide bonds. The van der Waals surface area contributed by atoms with Crippen LogP contribution in [0.4, 0.5) is 0 Å². The fourth-order valence-electron chi connectivity index (χ4n) is 5.07. The summed E-state index contributed by atoms with van der Waals surface area (Å²) in [5.74, 6) is 0.116. The lowest BCUT2D eigenvalue weighted by Crippen LogP contribution is -2.43. The molecule has 6 nitrogen and oxygen atoms in total. The van der Waals surface area contributed by atoms with Crippen molar-refractivity contribution in [2.75, 3.05) is 6.61 Å². The minimum atomic E-state index is -0.298. The number of fused-ring (bicyclic) bond motifs is 3. The van der Waals surface area contributed by atoms with Crippen molar-refractivity contribution in [2.24, 2.45) is 5.41 Å². The van der Waals surface area contributed by atoms with Crippen LogP contribution in [0.25, 0.3) is 11.0 Å². The van der Waals surface area contributed by atoms with Gasteiger partial charge < -0.3 is 14.5 Å². The number of hydrogen-bond donors (Lipinski definition) is 1. The van der Waals surface area contributed by atoms with Crippen LogP contribution in [-0.2, 0) is 6.42 Å². The predicted octanol–water partition coefficient (Wildman–Crippen LogP) is 2.82. The number of hydrogen-bond acceptors (Lipinski definition) is 5. The van der Waals surface area contributed by atoms with Crippen LogP contribution in [-0.4, -0.2) is 44.7 Å². The molecule has 0 saturated carbocycles. The molecule has 2 aliphatic heterocycles. The number of aliphatic hydroxyl groups is 1. The number of carbonyl (C=O) groups is 1. The first-order valence-corrected chi connectivity index (χ1v) is 9.40. The first-order valence-electron chi connectivity index (χ1n) is 9.40. The second-order valence-corrected chi connectivity index (χ2v) is 7.73. The first kappa shape index (κ1) is 16.4. The van der Waals surface area contributed by atoms with Crippen LogP contribution in [0.15, 0.2) is 53.2 Å². The van der Waals surface area contributed by atoms with Crippen molar-refractivity contribution >= 4 is 16.9 Å². The highest BCUT2D eigenvalue weighted by molar-refractivity contribution is 6.03. The Hall–Kier alpha value is -2.73. The van der Waals surface area contributed by atoms with Gasteiger partial charge in [-0.2, -0.15) is 0 Å². The molecule has 27 heavy (non-hydrogen) atoms. The second-order valence-electron chi connectivity index (χ2n) is 7.73. The zero-order valence-electron chi connectivity index (χ0n) is 14.9. The summed E-state index contributed by atoms with van der Waals surface area (Å²) in [7, 11) is 0. The maximum Gasteiger partial charge on any atom is 0.293 e. The lowest BCUT2D eigenvalue weighted by atomic mass is 9.70. The number of aliphatic hydroxyl groups excluding tert-OH is 1. The first-order chi connectivity index (χ1) is 13.2. The Bertz CT molecular complexity index is 987. The fraction of sp³-hybridized carbons (Fsp3) is 0.381. The molecule has 6 heteroatoms. The summed E-state index contributed by atoms with van der Waals surface area (Å²) in [4.78, 5) is 19.4. The summed E-state index contributed by atoms with van der Waals surface area (Å²) < 4.78 is 5.37. The molecule has 2 fully saturated rings. The number of pyridine rings is 1. The summed E-state index contributed by atoms with van der Waals surface area (Å²) in [6.45, 7) is 0.0749. The van der Waals surface area contributed by atoms with Crippen LogP contribution in [0.5, 0.6) is 0 Å². The maximum atomic E-state index is 13.3. The zero-order chi connectivity index (χ0) is 18.4. The topological polar surface area (TPSA) is 79.5 Å². The van der Waals surface area contributed by atoms with E-state index >= 15 is 0 Å². The molecule has 3 atom stereocenters. The van der Waals surface area contributed by atoms with E-state index in [1.165, 1.54) is 5.56 Å². The smallest absolute Gasteiger partial charge is 0.293 e. The summed E-state index contributed by atoms with van der Waals surface area (Å²) >= 11 is 0. The van der Waals surface area contributed by atoms with Crippen LogP contribution in [0.3, 0.4) is 0 Å². The monoisotopic (exact) mass is 363 g/mol. The average Bonchev–Trinajstić information content (AvgIpc) is 3.40. The third-order valence-corrected chi connectivity index (χ3v) is 6.25. The second kappa shape index (κ2) is 6.16. The highest BCUT2D eigenvalue weighted by atomic mass is 16.5. The summed E-state index contributed by atoms with van der Waals surface area (Å²) in [5.41, 5.74) is 1.35. The van der Waals surface area contributed by atoms with Crippen molar-refractivity contribution < 1.29 is 14.4 Å². The molecule has 0 radical (unpaired) electrons.